The summed E-state index contributed by atoms with van der Waals surface area (Å²) in [5.74, 6) is 1.52. The maximum absolute atomic E-state index is 10.7. The smallest absolute Gasteiger partial charge is 0.478 e. The molecule has 0 amide bonds. The van der Waals surface area contributed by atoms with Crippen molar-refractivity contribution in [3.05, 3.63) is 0 Å². The molecule has 0 saturated carbocycles. The number of hydrogen-bond donors (Lipinski definition) is 2. The van der Waals surface area contributed by atoms with Gasteiger partial charge >= 0.3 is 31.3 Å². The molecule has 0 saturated heterocycles. The van der Waals surface area contributed by atoms with Gasteiger partial charge in [0, 0.05) is 16.5 Å². The monoisotopic (exact) mass is 652 g/mol. The third kappa shape index (κ3) is 11.5. The normalized spacial score (nSPS) is 20.8. The Morgan fingerprint density at radius 1 is 0.658 bits per heavy atom. The van der Waals surface area contributed by atoms with E-state index in [0.717, 1.165) is 11.8 Å². The van der Waals surface area contributed by atoms with Crippen LogP contribution >= 0.6 is 0 Å². The molecule has 0 aliphatic carbocycles. The van der Waals surface area contributed by atoms with Crippen LogP contribution in [0.4, 0.5) is 26.3 Å². The number of nitrogens with zero attached hydrogens (tertiary/aromatic N) is 2. The van der Waals surface area contributed by atoms with Crippen LogP contribution in [0.15, 0.2) is 9.98 Å². The van der Waals surface area contributed by atoms with Crippen LogP contribution in [0.1, 0.15) is 55.4 Å². The van der Waals surface area contributed by atoms with Gasteiger partial charge in [-0.3, -0.25) is 9.11 Å². The number of hydrogen-bond acceptors (Lipinski definition) is 8. The minimum atomic E-state index is -5.84. The average Bonchev–Trinajstić information content (AvgIpc) is 3.29. The number of aliphatic imine (C=N–C) groups is 2. The SMILES string of the molecule is CC(C)(C1=N[C@@H](C(C)(C)C)CO1)C1=N[C@@H](C(C)(C)C)CO1.O=S(=O)(O)C(F)(F)F.O=S(=O)(O)C(F)(F)F.[Ni]. The van der Waals surface area contributed by atoms with Gasteiger partial charge in [-0.15, -0.1) is 0 Å². The van der Waals surface area contributed by atoms with Crippen LogP contribution in [0, 0.1) is 16.2 Å². The third-order valence-electron chi connectivity index (χ3n) is 4.96. The second-order valence-corrected chi connectivity index (χ2v) is 13.5. The molecule has 19 heteroatoms. The first-order valence-corrected chi connectivity index (χ1v) is 13.3. The first kappa shape index (κ1) is 39.0. The number of halogens is 6. The van der Waals surface area contributed by atoms with Gasteiger partial charge < -0.3 is 9.47 Å². The van der Waals surface area contributed by atoms with Crippen molar-refractivity contribution in [2.75, 3.05) is 13.2 Å². The van der Waals surface area contributed by atoms with Crippen LogP contribution in [0.3, 0.4) is 0 Å². The predicted octanol–water partition coefficient (Wildman–Crippen LogP) is 4.48. The molecule has 0 aromatic heterocycles. The Hall–Kier alpha value is -1.17. The van der Waals surface area contributed by atoms with E-state index >= 15 is 0 Å². The average molecular weight is 653 g/mol. The summed E-state index contributed by atoms with van der Waals surface area (Å²) in [6, 6.07) is 0.402. The van der Waals surface area contributed by atoms with Crippen molar-refractivity contribution in [2.45, 2.75) is 78.5 Å². The van der Waals surface area contributed by atoms with E-state index in [9.17, 15) is 26.3 Å². The van der Waals surface area contributed by atoms with Crippen LogP contribution in [0.2, 0.25) is 0 Å². The molecule has 10 nitrogen and oxygen atoms in total. The minimum Gasteiger partial charge on any atom is -0.478 e. The first-order chi connectivity index (χ1) is 15.9. The third-order valence-corrected chi connectivity index (χ3v) is 6.13. The maximum Gasteiger partial charge on any atom is 0.522 e. The Morgan fingerprint density at radius 2 is 0.868 bits per heavy atom. The van der Waals surface area contributed by atoms with Gasteiger partial charge in [0.25, 0.3) is 0 Å². The largest absolute Gasteiger partial charge is 0.522 e. The Kier molecular flexibility index (Phi) is 12.9. The molecule has 2 heterocycles. The Labute approximate surface area is 228 Å². The fourth-order valence-corrected chi connectivity index (χ4v) is 2.41. The van der Waals surface area contributed by atoms with E-state index in [4.69, 9.17) is 45.4 Å². The van der Waals surface area contributed by atoms with Gasteiger partial charge in [0.1, 0.15) is 18.6 Å². The zero-order valence-electron chi connectivity index (χ0n) is 21.7. The summed E-state index contributed by atoms with van der Waals surface area (Å²) in [4.78, 5) is 9.59. The molecular weight excluding hydrogens is 621 g/mol. The summed E-state index contributed by atoms with van der Waals surface area (Å²) in [6.07, 6.45) is 0. The van der Waals surface area contributed by atoms with Gasteiger partial charge in [-0.25, -0.2) is 9.98 Å². The molecule has 0 spiro atoms. The number of alkyl halides is 6. The van der Waals surface area contributed by atoms with Crippen molar-refractivity contribution in [1.82, 2.24) is 0 Å². The van der Waals surface area contributed by atoms with Gasteiger partial charge in [-0.1, -0.05) is 41.5 Å². The Bertz CT molecular complexity index is 990. The molecule has 2 rings (SSSR count). The summed E-state index contributed by atoms with van der Waals surface area (Å²) in [5, 5.41) is 0. The first-order valence-electron chi connectivity index (χ1n) is 10.4. The second kappa shape index (κ2) is 12.6. The van der Waals surface area contributed by atoms with Crippen molar-refractivity contribution in [3.63, 3.8) is 0 Å². The summed E-state index contributed by atoms with van der Waals surface area (Å²) in [5.41, 5.74) is -11.2. The summed E-state index contributed by atoms with van der Waals surface area (Å²) < 4.78 is 127. The molecule has 0 aromatic carbocycles. The number of rotatable bonds is 2. The van der Waals surface area contributed by atoms with E-state index in [1.54, 1.807) is 0 Å². The van der Waals surface area contributed by atoms with Crippen LogP contribution < -0.4 is 0 Å². The summed E-state index contributed by atoms with van der Waals surface area (Å²) in [6.45, 7) is 18.6. The van der Waals surface area contributed by atoms with Crippen molar-refractivity contribution >= 4 is 32.0 Å². The van der Waals surface area contributed by atoms with E-state index < -0.39 is 31.3 Å². The molecule has 38 heavy (non-hydrogen) atoms. The predicted molar refractivity (Wildman–Crippen MR) is 122 cm³/mol. The molecular formula is C19H32F6N2NiO8S2. The van der Waals surface area contributed by atoms with Crippen molar-refractivity contribution in [1.29, 1.82) is 0 Å². The molecule has 2 N–H and O–H groups in total. The molecule has 2 aliphatic heterocycles. The van der Waals surface area contributed by atoms with Crippen LogP contribution in [0.5, 0.6) is 0 Å². The Balaban J connectivity index is 0. The molecule has 2 aliphatic rings. The summed E-state index contributed by atoms with van der Waals surface area (Å²) >= 11 is 0. The molecule has 0 aromatic rings. The standard InChI is InChI=1S/C17H30N2O2.2CHF3O3S.Ni/c1-15(2,3)11-9-20-13(18-11)17(7,8)14-19-12(10-21-14)16(4,5)6;2*2-1(3,4)8(5,6)7;/h11-12H,9-10H2,1-8H3;2*(H,5,6,7);/t11-,12-;;;/m1.../s1. The van der Waals surface area contributed by atoms with E-state index in [-0.39, 0.29) is 44.8 Å². The fraction of sp³-hybridized carbons (Fsp3) is 0.895. The topological polar surface area (TPSA) is 152 Å². The molecule has 0 unspecified atom stereocenters. The van der Waals surface area contributed by atoms with Gasteiger partial charge in [-0.05, 0) is 24.7 Å². The molecule has 0 bridgehead atoms. The quantitative estimate of drug-likeness (QED) is 0.192. The summed E-state index contributed by atoms with van der Waals surface area (Å²) in [7, 11) is -11.7. The molecule has 2 atom stereocenters. The van der Waals surface area contributed by atoms with Gasteiger partial charge in [-0.2, -0.15) is 43.2 Å². The van der Waals surface area contributed by atoms with Crippen LogP contribution in [-0.4, -0.2) is 74.1 Å². The second-order valence-electron chi connectivity index (χ2n) is 10.7. The Morgan fingerprint density at radius 3 is 1.00 bits per heavy atom. The van der Waals surface area contributed by atoms with Crippen molar-refractivity contribution < 1.29 is 78.2 Å². The van der Waals surface area contributed by atoms with Gasteiger partial charge in [0.15, 0.2) is 11.8 Å². The number of ether oxygens (including phenoxy) is 2. The van der Waals surface area contributed by atoms with Gasteiger partial charge in [0.2, 0.25) is 0 Å². The van der Waals surface area contributed by atoms with E-state index in [0.29, 0.717) is 13.2 Å². The van der Waals surface area contributed by atoms with E-state index in [1.165, 1.54) is 0 Å². The zero-order valence-corrected chi connectivity index (χ0v) is 24.3. The van der Waals surface area contributed by atoms with Crippen LogP contribution in [-0.2, 0) is 46.2 Å². The zero-order chi connectivity index (χ0) is 30.1. The van der Waals surface area contributed by atoms with Crippen molar-refractivity contribution in [2.24, 2.45) is 26.2 Å². The van der Waals surface area contributed by atoms with Gasteiger partial charge in [0.05, 0.1) is 12.1 Å². The van der Waals surface area contributed by atoms with Crippen molar-refractivity contribution in [3.8, 4) is 0 Å². The maximum atomic E-state index is 10.7. The molecule has 0 fully saturated rings. The van der Waals surface area contributed by atoms with Crippen LogP contribution in [0.25, 0.3) is 0 Å². The fourth-order valence-electron chi connectivity index (χ4n) is 2.41. The van der Waals surface area contributed by atoms with E-state index in [1.807, 2.05) is 0 Å². The molecule has 0 radical (unpaired) electrons. The minimum absolute atomic E-state index is 0. The molecule has 230 valence electrons. The van der Waals surface area contributed by atoms with E-state index in [2.05, 4.69) is 55.4 Å².